The summed E-state index contributed by atoms with van der Waals surface area (Å²) in [5.41, 5.74) is 5.08. The molecular weight excluding hydrogens is 286 g/mol. The number of methoxy groups -OCH3 is 1. The Morgan fingerprint density at radius 1 is 1.39 bits per heavy atom. The highest BCUT2D eigenvalue weighted by Gasteiger charge is 2.15. The monoisotopic (exact) mass is 311 g/mol. The van der Waals surface area contributed by atoms with Crippen molar-refractivity contribution in [3.05, 3.63) is 53.4 Å². The number of allylic oxidation sites excluding steroid dienone is 3. The molecule has 0 saturated heterocycles. The summed E-state index contributed by atoms with van der Waals surface area (Å²) in [5, 5.41) is 3.28. The van der Waals surface area contributed by atoms with Crippen LogP contribution in [-0.2, 0) is 0 Å². The van der Waals surface area contributed by atoms with Crippen molar-refractivity contribution in [3.8, 4) is 5.88 Å². The van der Waals surface area contributed by atoms with Crippen LogP contribution in [0.25, 0.3) is 5.70 Å². The van der Waals surface area contributed by atoms with Crippen molar-refractivity contribution in [3.63, 3.8) is 0 Å². The smallest absolute Gasteiger partial charge is 0.222 e. The summed E-state index contributed by atoms with van der Waals surface area (Å²) in [6.07, 6.45) is 6.66. The molecule has 4 heteroatoms. The number of nitrogens with zero attached hydrogens (tertiary/aromatic N) is 2. The van der Waals surface area contributed by atoms with Crippen molar-refractivity contribution < 1.29 is 4.74 Å². The lowest BCUT2D eigenvalue weighted by Gasteiger charge is -2.13. The molecule has 0 bridgehead atoms. The Kier molecular flexibility index (Phi) is 5.74. The third-order valence-corrected chi connectivity index (χ3v) is 3.74. The second kappa shape index (κ2) is 7.77. The zero-order valence-electron chi connectivity index (χ0n) is 14.4. The van der Waals surface area contributed by atoms with Crippen molar-refractivity contribution in [2.45, 2.75) is 33.1 Å². The molecule has 0 aliphatic carbocycles. The minimum atomic E-state index is 0.363. The van der Waals surface area contributed by atoms with Gasteiger partial charge in [0, 0.05) is 17.9 Å². The van der Waals surface area contributed by atoms with Gasteiger partial charge in [0.05, 0.1) is 24.6 Å². The van der Waals surface area contributed by atoms with Gasteiger partial charge in [0.2, 0.25) is 5.88 Å². The third kappa shape index (κ3) is 4.09. The number of aliphatic imine (C=N–C) groups is 1. The zero-order valence-corrected chi connectivity index (χ0v) is 14.4. The van der Waals surface area contributed by atoms with Gasteiger partial charge in [-0.15, -0.1) is 6.58 Å². The fourth-order valence-electron chi connectivity index (χ4n) is 2.38. The number of pyridine rings is 1. The lowest BCUT2D eigenvalue weighted by molar-refractivity contribution is 0.394. The Bertz CT molecular complexity index is 669. The van der Waals surface area contributed by atoms with Gasteiger partial charge in [-0.3, -0.25) is 4.99 Å². The average molecular weight is 311 g/mol. The van der Waals surface area contributed by atoms with Crippen molar-refractivity contribution in [1.29, 1.82) is 0 Å². The van der Waals surface area contributed by atoms with Gasteiger partial charge in [-0.1, -0.05) is 26.0 Å². The van der Waals surface area contributed by atoms with Gasteiger partial charge in [0.25, 0.3) is 0 Å². The maximum Gasteiger partial charge on any atom is 0.222 e. The molecule has 0 fully saturated rings. The molecule has 0 atom stereocenters. The molecule has 1 aliphatic heterocycles. The first kappa shape index (κ1) is 17.0. The lowest BCUT2D eigenvalue weighted by Crippen LogP contribution is -2.13. The van der Waals surface area contributed by atoms with Gasteiger partial charge in [-0.2, -0.15) is 0 Å². The largest absolute Gasteiger partial charge is 0.480 e. The van der Waals surface area contributed by atoms with Crippen LogP contribution < -0.4 is 10.1 Å². The normalized spacial score (nSPS) is 14.6. The molecule has 4 nitrogen and oxygen atoms in total. The number of hydrogen-bond donors (Lipinski definition) is 1. The van der Waals surface area contributed by atoms with E-state index in [9.17, 15) is 0 Å². The Labute approximate surface area is 138 Å². The number of hydrogen-bond acceptors (Lipinski definition) is 4. The Morgan fingerprint density at radius 2 is 2.17 bits per heavy atom. The molecule has 1 aromatic heterocycles. The molecule has 0 spiro atoms. The van der Waals surface area contributed by atoms with E-state index >= 15 is 0 Å². The summed E-state index contributed by atoms with van der Waals surface area (Å²) in [5.74, 6) is 0.993. The fraction of sp³-hybridized carbons (Fsp3) is 0.368. The first-order valence-corrected chi connectivity index (χ1v) is 7.90. The molecule has 1 N–H and O–H groups in total. The van der Waals surface area contributed by atoms with Gasteiger partial charge < -0.3 is 10.1 Å². The summed E-state index contributed by atoms with van der Waals surface area (Å²) in [7, 11) is 1.65. The second-order valence-electron chi connectivity index (χ2n) is 5.87. The number of rotatable bonds is 6. The molecule has 0 saturated carbocycles. The first-order chi connectivity index (χ1) is 11.1. The lowest BCUT2D eigenvalue weighted by atomic mass is 10.0. The van der Waals surface area contributed by atoms with Crippen LogP contribution in [0.15, 0.2) is 47.1 Å². The molecule has 0 aromatic carbocycles. The van der Waals surface area contributed by atoms with Crippen LogP contribution in [0.5, 0.6) is 5.88 Å². The van der Waals surface area contributed by atoms with E-state index in [2.05, 4.69) is 54.8 Å². The highest BCUT2D eigenvalue weighted by atomic mass is 16.5. The Hall–Kier alpha value is -2.36. The van der Waals surface area contributed by atoms with Crippen molar-refractivity contribution in [1.82, 2.24) is 10.3 Å². The first-order valence-electron chi connectivity index (χ1n) is 7.90. The van der Waals surface area contributed by atoms with E-state index in [1.807, 2.05) is 18.4 Å². The van der Waals surface area contributed by atoms with Gasteiger partial charge in [0.1, 0.15) is 0 Å². The van der Waals surface area contributed by atoms with Gasteiger partial charge in [-0.05, 0) is 37.0 Å². The van der Waals surface area contributed by atoms with Crippen LogP contribution >= 0.6 is 0 Å². The molecule has 2 heterocycles. The van der Waals surface area contributed by atoms with Crippen molar-refractivity contribution in [2.75, 3.05) is 13.7 Å². The van der Waals surface area contributed by atoms with E-state index in [1.165, 1.54) is 5.57 Å². The van der Waals surface area contributed by atoms with Crippen LogP contribution in [-0.4, -0.2) is 24.9 Å². The standard InChI is InChI=1S/C19H25N3O/c1-6-11-20-15-8-7-14(4)18(21-12-15)16-9-10-17(13(2)3)22-19(16)23-5/h6,8-10,12-13,20H,1,7,11H2,2-5H3. The average Bonchev–Trinajstić information content (AvgIpc) is 2.74. The minimum absolute atomic E-state index is 0.363. The zero-order chi connectivity index (χ0) is 16.8. The molecule has 0 unspecified atom stereocenters. The van der Waals surface area contributed by atoms with Gasteiger partial charge >= 0.3 is 0 Å². The molecule has 0 radical (unpaired) electrons. The highest BCUT2D eigenvalue weighted by molar-refractivity contribution is 5.87. The van der Waals surface area contributed by atoms with Crippen molar-refractivity contribution >= 4 is 11.9 Å². The molecule has 2 rings (SSSR count). The van der Waals surface area contributed by atoms with E-state index < -0.39 is 0 Å². The SMILES string of the molecule is C=CCNC1=CCC(C)=C(c2ccc(C(C)C)nc2OC)N=C1. The summed E-state index contributed by atoms with van der Waals surface area (Å²) in [6.45, 7) is 10.8. The quantitative estimate of drug-likeness (QED) is 0.805. The van der Waals surface area contributed by atoms with E-state index in [4.69, 9.17) is 4.74 Å². The molecular formula is C19H25N3O. The van der Waals surface area contributed by atoms with Crippen LogP contribution in [0.4, 0.5) is 0 Å². The Balaban J connectivity index is 2.36. The van der Waals surface area contributed by atoms with Crippen molar-refractivity contribution in [2.24, 2.45) is 4.99 Å². The van der Waals surface area contributed by atoms with Crippen LogP contribution in [0.2, 0.25) is 0 Å². The summed E-state index contributed by atoms with van der Waals surface area (Å²) < 4.78 is 5.51. The van der Waals surface area contributed by atoms with E-state index in [0.29, 0.717) is 11.8 Å². The second-order valence-corrected chi connectivity index (χ2v) is 5.87. The summed E-state index contributed by atoms with van der Waals surface area (Å²) in [4.78, 5) is 9.28. The minimum Gasteiger partial charge on any atom is -0.480 e. The van der Waals surface area contributed by atoms with Gasteiger partial charge in [-0.25, -0.2) is 4.98 Å². The topological polar surface area (TPSA) is 46.5 Å². The maximum atomic E-state index is 5.51. The maximum absolute atomic E-state index is 5.51. The predicted octanol–water partition coefficient (Wildman–Crippen LogP) is 4.08. The predicted molar refractivity (Wildman–Crippen MR) is 96.9 cm³/mol. The number of nitrogens with one attached hydrogen (secondary N) is 1. The molecule has 23 heavy (non-hydrogen) atoms. The fourth-order valence-corrected chi connectivity index (χ4v) is 2.38. The molecule has 1 aliphatic rings. The van der Waals surface area contributed by atoms with E-state index in [1.54, 1.807) is 7.11 Å². The van der Waals surface area contributed by atoms with Gasteiger partial charge in [0.15, 0.2) is 0 Å². The summed E-state index contributed by atoms with van der Waals surface area (Å²) in [6, 6.07) is 4.10. The number of ether oxygens (including phenoxy) is 1. The van der Waals surface area contributed by atoms with Crippen LogP contribution in [0.1, 0.15) is 44.4 Å². The summed E-state index contributed by atoms with van der Waals surface area (Å²) >= 11 is 0. The number of aromatic nitrogens is 1. The molecule has 122 valence electrons. The van der Waals surface area contributed by atoms with Crippen LogP contribution in [0, 0.1) is 0 Å². The Morgan fingerprint density at radius 3 is 2.83 bits per heavy atom. The third-order valence-electron chi connectivity index (χ3n) is 3.74. The van der Waals surface area contributed by atoms with Crippen LogP contribution in [0.3, 0.4) is 0 Å². The molecule has 1 aromatic rings. The van der Waals surface area contributed by atoms with E-state index in [0.717, 1.165) is 35.6 Å². The molecule has 0 amide bonds. The van der Waals surface area contributed by atoms with E-state index in [-0.39, 0.29) is 0 Å². The highest BCUT2D eigenvalue weighted by Crippen LogP contribution is 2.31.